The second-order valence-corrected chi connectivity index (χ2v) is 6.86. The second kappa shape index (κ2) is 6.54. The quantitative estimate of drug-likeness (QED) is 0.795. The average Bonchev–Trinajstić information content (AvgIpc) is 2.54. The standard InChI is InChI=1S/C17H15NO3S/c1-2-17(19)15-6-8-16(9-7-15)22(20,21)12-14-5-3-4-13(10-14)11-18/h3-10H,2,12H2,1H3. The number of benzene rings is 2. The summed E-state index contributed by atoms with van der Waals surface area (Å²) >= 11 is 0. The molecule has 2 aromatic carbocycles. The largest absolute Gasteiger partial charge is 0.294 e. The number of carbonyl (C=O) groups is 1. The zero-order valence-electron chi connectivity index (χ0n) is 12.1. The molecule has 0 amide bonds. The Kier molecular flexibility index (Phi) is 4.74. The summed E-state index contributed by atoms with van der Waals surface area (Å²) in [5, 5.41) is 8.85. The average molecular weight is 313 g/mol. The predicted octanol–water partition coefficient (Wildman–Crippen LogP) is 3.12. The van der Waals surface area contributed by atoms with Crippen LogP contribution in [0.2, 0.25) is 0 Å². The first-order valence-corrected chi connectivity index (χ1v) is 8.46. The number of hydrogen-bond donors (Lipinski definition) is 0. The summed E-state index contributed by atoms with van der Waals surface area (Å²) in [5.74, 6) is -0.200. The van der Waals surface area contributed by atoms with E-state index in [9.17, 15) is 13.2 Å². The molecule has 4 nitrogen and oxygen atoms in total. The van der Waals surface area contributed by atoms with Crippen LogP contribution in [0.15, 0.2) is 53.4 Å². The number of carbonyl (C=O) groups excluding carboxylic acids is 1. The third-order valence-corrected chi connectivity index (χ3v) is 4.97. The van der Waals surface area contributed by atoms with Crippen LogP contribution in [0, 0.1) is 11.3 Å². The lowest BCUT2D eigenvalue weighted by atomic mass is 10.1. The molecule has 0 aliphatic carbocycles. The molecule has 2 rings (SSSR count). The van der Waals surface area contributed by atoms with Gasteiger partial charge in [0.2, 0.25) is 0 Å². The summed E-state index contributed by atoms with van der Waals surface area (Å²) in [6, 6.07) is 14.5. The molecule has 0 spiro atoms. The molecule has 0 saturated carbocycles. The third-order valence-electron chi connectivity index (χ3n) is 3.27. The van der Waals surface area contributed by atoms with Gasteiger partial charge >= 0.3 is 0 Å². The van der Waals surface area contributed by atoms with E-state index in [-0.39, 0.29) is 16.4 Å². The molecular formula is C17H15NO3S. The minimum Gasteiger partial charge on any atom is -0.294 e. The fourth-order valence-electron chi connectivity index (χ4n) is 2.09. The van der Waals surface area contributed by atoms with Crippen LogP contribution in [0.1, 0.15) is 34.8 Å². The number of nitrogens with zero attached hydrogens (tertiary/aromatic N) is 1. The number of hydrogen-bond acceptors (Lipinski definition) is 4. The fourth-order valence-corrected chi connectivity index (χ4v) is 3.42. The molecule has 0 N–H and O–H groups in total. The first kappa shape index (κ1) is 15.9. The number of ketones is 1. The van der Waals surface area contributed by atoms with Gasteiger partial charge in [0, 0.05) is 12.0 Å². The zero-order valence-corrected chi connectivity index (χ0v) is 12.9. The molecule has 0 aliphatic heterocycles. The van der Waals surface area contributed by atoms with Gasteiger partial charge in [0.25, 0.3) is 0 Å². The van der Waals surface area contributed by atoms with Crippen molar-refractivity contribution in [3.63, 3.8) is 0 Å². The van der Waals surface area contributed by atoms with Crippen LogP contribution in [0.25, 0.3) is 0 Å². The first-order chi connectivity index (χ1) is 10.5. The highest BCUT2D eigenvalue weighted by Crippen LogP contribution is 2.18. The van der Waals surface area contributed by atoms with E-state index in [0.29, 0.717) is 23.1 Å². The van der Waals surface area contributed by atoms with Gasteiger partial charge in [-0.1, -0.05) is 31.2 Å². The van der Waals surface area contributed by atoms with Crippen molar-refractivity contribution in [2.24, 2.45) is 0 Å². The number of rotatable bonds is 5. The highest BCUT2D eigenvalue weighted by Gasteiger charge is 2.16. The number of sulfone groups is 1. The lowest BCUT2D eigenvalue weighted by Gasteiger charge is -2.06. The maximum absolute atomic E-state index is 12.4. The topological polar surface area (TPSA) is 75.0 Å². The van der Waals surface area contributed by atoms with E-state index < -0.39 is 9.84 Å². The Morgan fingerprint density at radius 1 is 1.14 bits per heavy atom. The van der Waals surface area contributed by atoms with Crippen molar-refractivity contribution in [3.8, 4) is 6.07 Å². The van der Waals surface area contributed by atoms with Crippen LogP contribution in [-0.4, -0.2) is 14.2 Å². The third kappa shape index (κ3) is 3.60. The predicted molar refractivity (Wildman–Crippen MR) is 83.1 cm³/mol. The molecule has 0 unspecified atom stereocenters. The van der Waals surface area contributed by atoms with Gasteiger partial charge in [-0.25, -0.2) is 8.42 Å². The van der Waals surface area contributed by atoms with Crippen molar-refractivity contribution in [3.05, 3.63) is 65.2 Å². The van der Waals surface area contributed by atoms with E-state index in [1.807, 2.05) is 6.07 Å². The van der Waals surface area contributed by atoms with Gasteiger partial charge in [-0.3, -0.25) is 4.79 Å². The van der Waals surface area contributed by atoms with E-state index in [1.54, 1.807) is 31.2 Å². The van der Waals surface area contributed by atoms with Crippen molar-refractivity contribution in [2.75, 3.05) is 0 Å². The van der Waals surface area contributed by atoms with Crippen molar-refractivity contribution >= 4 is 15.6 Å². The lowest BCUT2D eigenvalue weighted by Crippen LogP contribution is -2.06. The Bertz CT molecular complexity index is 831. The summed E-state index contributed by atoms with van der Waals surface area (Å²) in [6.45, 7) is 1.76. The van der Waals surface area contributed by atoms with E-state index >= 15 is 0 Å². The van der Waals surface area contributed by atoms with Crippen LogP contribution >= 0.6 is 0 Å². The molecule has 0 atom stereocenters. The highest BCUT2D eigenvalue weighted by atomic mass is 32.2. The maximum Gasteiger partial charge on any atom is 0.182 e. The molecule has 2 aromatic rings. The molecule has 0 aromatic heterocycles. The molecule has 5 heteroatoms. The van der Waals surface area contributed by atoms with Gasteiger partial charge in [-0.05, 0) is 29.8 Å². The monoisotopic (exact) mass is 313 g/mol. The molecule has 22 heavy (non-hydrogen) atoms. The summed E-state index contributed by atoms with van der Waals surface area (Å²) in [5.41, 5.74) is 1.50. The van der Waals surface area contributed by atoms with Gasteiger partial charge < -0.3 is 0 Å². The summed E-state index contributed by atoms with van der Waals surface area (Å²) in [7, 11) is -3.51. The summed E-state index contributed by atoms with van der Waals surface area (Å²) in [6.07, 6.45) is 0.382. The molecule has 0 radical (unpaired) electrons. The molecule has 0 aliphatic rings. The fraction of sp³-hybridized carbons (Fsp3) is 0.176. The van der Waals surface area contributed by atoms with E-state index in [1.165, 1.54) is 24.3 Å². The van der Waals surface area contributed by atoms with Crippen LogP contribution in [0.4, 0.5) is 0 Å². The minimum atomic E-state index is -3.51. The summed E-state index contributed by atoms with van der Waals surface area (Å²) in [4.78, 5) is 11.7. The lowest BCUT2D eigenvalue weighted by molar-refractivity contribution is 0.0988. The van der Waals surface area contributed by atoms with Crippen molar-refractivity contribution in [1.29, 1.82) is 5.26 Å². The SMILES string of the molecule is CCC(=O)c1ccc(S(=O)(=O)Cc2cccc(C#N)c2)cc1. The van der Waals surface area contributed by atoms with Gasteiger partial charge in [-0.2, -0.15) is 5.26 Å². The maximum atomic E-state index is 12.4. The van der Waals surface area contributed by atoms with Crippen LogP contribution in [0.5, 0.6) is 0 Å². The zero-order chi connectivity index (χ0) is 16.2. The number of nitriles is 1. The molecule has 0 bridgehead atoms. The Labute approximate surface area is 129 Å². The van der Waals surface area contributed by atoms with Gasteiger partial charge in [-0.15, -0.1) is 0 Å². The van der Waals surface area contributed by atoms with Crippen LogP contribution < -0.4 is 0 Å². The Morgan fingerprint density at radius 3 is 2.41 bits per heavy atom. The second-order valence-electron chi connectivity index (χ2n) is 4.87. The van der Waals surface area contributed by atoms with Crippen LogP contribution in [-0.2, 0) is 15.6 Å². The molecule has 112 valence electrons. The smallest absolute Gasteiger partial charge is 0.182 e. The Balaban J connectivity index is 2.27. The Hall–Kier alpha value is -2.45. The molecule has 0 saturated heterocycles. The van der Waals surface area contributed by atoms with E-state index in [2.05, 4.69) is 0 Å². The van der Waals surface area contributed by atoms with Gasteiger partial charge in [0.1, 0.15) is 0 Å². The normalized spacial score (nSPS) is 10.9. The Morgan fingerprint density at radius 2 is 1.82 bits per heavy atom. The first-order valence-electron chi connectivity index (χ1n) is 6.81. The van der Waals surface area contributed by atoms with E-state index in [0.717, 1.165) is 0 Å². The molecular weight excluding hydrogens is 298 g/mol. The molecule has 0 heterocycles. The van der Waals surface area contributed by atoms with E-state index in [4.69, 9.17) is 5.26 Å². The minimum absolute atomic E-state index is 0.0225. The van der Waals surface area contributed by atoms with Gasteiger partial charge in [0.05, 0.1) is 22.3 Å². The summed E-state index contributed by atoms with van der Waals surface area (Å²) < 4.78 is 24.8. The van der Waals surface area contributed by atoms with Crippen LogP contribution in [0.3, 0.4) is 0 Å². The van der Waals surface area contributed by atoms with Crippen molar-refractivity contribution < 1.29 is 13.2 Å². The van der Waals surface area contributed by atoms with Crippen molar-refractivity contribution in [1.82, 2.24) is 0 Å². The number of Topliss-reactive ketones (excluding diaryl/α,β-unsaturated/α-hetero) is 1. The van der Waals surface area contributed by atoms with Crippen molar-refractivity contribution in [2.45, 2.75) is 24.0 Å². The molecule has 0 fully saturated rings. The van der Waals surface area contributed by atoms with Gasteiger partial charge in [0.15, 0.2) is 15.6 Å². The highest BCUT2D eigenvalue weighted by molar-refractivity contribution is 7.90.